The number of carbonyl (C=O) groups excluding carboxylic acids is 1. The number of ether oxygens (including phenoxy) is 1. The van der Waals surface area contributed by atoms with Crippen LogP contribution in [0.25, 0.3) is 0 Å². The summed E-state index contributed by atoms with van der Waals surface area (Å²) in [5.74, 6) is 0.0177. The van der Waals surface area contributed by atoms with Gasteiger partial charge < -0.3 is 9.64 Å². The van der Waals surface area contributed by atoms with Gasteiger partial charge in [0.15, 0.2) is 18.5 Å². The summed E-state index contributed by atoms with van der Waals surface area (Å²) in [5, 5.41) is 0.497. The summed E-state index contributed by atoms with van der Waals surface area (Å²) in [6, 6.07) is 1.24. The van der Waals surface area contributed by atoms with Crippen molar-refractivity contribution in [2.75, 3.05) is 13.1 Å². The number of rotatable bonds is 2. The fraction of sp³-hybridized carbons (Fsp3) is 0.462. The Morgan fingerprint density at radius 3 is 2.95 bits per heavy atom. The zero-order valence-corrected chi connectivity index (χ0v) is 11.1. The van der Waals surface area contributed by atoms with Gasteiger partial charge in [0.1, 0.15) is 0 Å². The Bertz CT molecular complexity index is 514. The molecule has 5 nitrogen and oxygen atoms in total. The van der Waals surface area contributed by atoms with E-state index in [9.17, 15) is 4.79 Å². The molecule has 1 aromatic heterocycles. The van der Waals surface area contributed by atoms with Crippen molar-refractivity contribution in [2.24, 2.45) is 4.99 Å². The number of carbonyl (C=O) groups is 1. The van der Waals surface area contributed by atoms with Crippen molar-refractivity contribution >= 4 is 23.9 Å². The maximum absolute atomic E-state index is 12.4. The van der Waals surface area contributed by atoms with Gasteiger partial charge in [0, 0.05) is 31.0 Å². The van der Waals surface area contributed by atoms with Gasteiger partial charge in [0.05, 0.1) is 5.02 Å². The first-order valence-electron chi connectivity index (χ1n) is 6.32. The van der Waals surface area contributed by atoms with E-state index in [-0.39, 0.29) is 5.91 Å². The highest BCUT2D eigenvalue weighted by molar-refractivity contribution is 6.31. The van der Waals surface area contributed by atoms with Gasteiger partial charge in [0.2, 0.25) is 0 Å². The van der Waals surface area contributed by atoms with Gasteiger partial charge in [-0.15, -0.1) is 0 Å². The zero-order chi connectivity index (χ0) is 13.2. The molecule has 3 heterocycles. The van der Waals surface area contributed by atoms with E-state index in [1.807, 2.05) is 4.90 Å². The minimum atomic E-state index is -0.530. The van der Waals surface area contributed by atoms with Gasteiger partial charge >= 0.3 is 0 Å². The van der Waals surface area contributed by atoms with Crippen LogP contribution in [0.4, 0.5) is 0 Å². The van der Waals surface area contributed by atoms with Gasteiger partial charge in [0.25, 0.3) is 5.91 Å². The molecule has 1 fully saturated rings. The summed E-state index contributed by atoms with van der Waals surface area (Å²) in [4.78, 5) is 22.4. The minimum absolute atomic E-state index is 0.0177. The van der Waals surface area contributed by atoms with Crippen LogP contribution in [0.1, 0.15) is 24.5 Å². The molecule has 6 heteroatoms. The number of amides is 1. The molecule has 0 saturated carbocycles. The van der Waals surface area contributed by atoms with Crippen molar-refractivity contribution in [3.8, 4) is 0 Å². The molecular formula is C13H14ClN3O2. The van der Waals surface area contributed by atoms with Crippen molar-refractivity contribution in [1.82, 2.24) is 9.88 Å². The maximum Gasteiger partial charge on any atom is 0.251 e. The van der Waals surface area contributed by atoms with Crippen molar-refractivity contribution in [3.63, 3.8) is 0 Å². The fourth-order valence-corrected chi connectivity index (χ4v) is 2.72. The second kappa shape index (κ2) is 5.17. The van der Waals surface area contributed by atoms with Crippen LogP contribution < -0.4 is 0 Å². The summed E-state index contributed by atoms with van der Waals surface area (Å²) in [5.41, 5.74) is 0.756. The van der Waals surface area contributed by atoms with Crippen LogP contribution in [-0.4, -0.2) is 41.3 Å². The van der Waals surface area contributed by atoms with Crippen LogP contribution in [0.2, 0.25) is 5.02 Å². The van der Waals surface area contributed by atoms with Crippen molar-refractivity contribution < 1.29 is 9.53 Å². The number of nitrogens with zero attached hydrogens (tertiary/aromatic N) is 3. The second-order valence-corrected chi connectivity index (χ2v) is 5.09. The Labute approximate surface area is 116 Å². The van der Waals surface area contributed by atoms with E-state index in [0.717, 1.165) is 31.5 Å². The van der Waals surface area contributed by atoms with Gasteiger partial charge in [-0.25, -0.2) is 4.99 Å². The average molecular weight is 280 g/mol. The molecule has 100 valence electrons. The molecule has 0 bridgehead atoms. The summed E-state index contributed by atoms with van der Waals surface area (Å²) < 4.78 is 5.46. The maximum atomic E-state index is 12.4. The summed E-state index contributed by atoms with van der Waals surface area (Å²) in [7, 11) is 0. The number of pyridine rings is 1. The Morgan fingerprint density at radius 1 is 1.42 bits per heavy atom. The molecular weight excluding hydrogens is 266 g/mol. The first kappa shape index (κ1) is 12.4. The average Bonchev–Trinajstić information content (AvgIpc) is 3.10. The molecule has 19 heavy (non-hydrogen) atoms. The number of aliphatic imine (C=N–C) groups is 1. The molecule has 0 N–H and O–H groups in total. The third-order valence-corrected chi connectivity index (χ3v) is 3.81. The lowest BCUT2D eigenvalue weighted by molar-refractivity contribution is -0.133. The topological polar surface area (TPSA) is 54.8 Å². The number of hydrogen-bond donors (Lipinski definition) is 0. The number of aromatic nitrogens is 1. The van der Waals surface area contributed by atoms with E-state index in [2.05, 4.69) is 9.98 Å². The quantitative estimate of drug-likeness (QED) is 0.830. The van der Waals surface area contributed by atoms with E-state index >= 15 is 0 Å². The van der Waals surface area contributed by atoms with E-state index in [1.54, 1.807) is 18.5 Å². The van der Waals surface area contributed by atoms with E-state index in [4.69, 9.17) is 16.3 Å². The van der Waals surface area contributed by atoms with Crippen LogP contribution in [-0.2, 0) is 9.53 Å². The Morgan fingerprint density at radius 2 is 2.21 bits per heavy atom. The van der Waals surface area contributed by atoms with Crippen molar-refractivity contribution in [2.45, 2.75) is 25.0 Å². The smallest absolute Gasteiger partial charge is 0.251 e. The SMILES string of the molecule is O=C([C@@H]1N=CO[C@H]1c1ccncc1Cl)N1CCCC1. The van der Waals surface area contributed by atoms with Gasteiger partial charge in [-0.05, 0) is 18.9 Å². The highest BCUT2D eigenvalue weighted by Crippen LogP contribution is 2.32. The first-order valence-corrected chi connectivity index (χ1v) is 6.70. The van der Waals surface area contributed by atoms with Crippen LogP contribution in [0, 0.1) is 0 Å². The number of halogens is 1. The summed E-state index contributed by atoms with van der Waals surface area (Å²) >= 11 is 6.11. The first-order chi connectivity index (χ1) is 9.27. The predicted molar refractivity (Wildman–Crippen MR) is 71.2 cm³/mol. The third-order valence-electron chi connectivity index (χ3n) is 3.50. The normalized spacial score (nSPS) is 25.6. The van der Waals surface area contributed by atoms with Gasteiger partial charge in [-0.2, -0.15) is 0 Å². The molecule has 0 aliphatic carbocycles. The highest BCUT2D eigenvalue weighted by atomic mass is 35.5. The lowest BCUT2D eigenvalue weighted by Crippen LogP contribution is -2.38. The van der Waals surface area contributed by atoms with E-state index < -0.39 is 12.1 Å². The summed E-state index contributed by atoms with van der Waals surface area (Å²) in [6.45, 7) is 1.61. The molecule has 1 amide bonds. The second-order valence-electron chi connectivity index (χ2n) is 4.69. The lowest BCUT2D eigenvalue weighted by Gasteiger charge is -2.22. The fourth-order valence-electron chi connectivity index (χ4n) is 2.50. The zero-order valence-electron chi connectivity index (χ0n) is 10.3. The third kappa shape index (κ3) is 2.30. The number of hydrogen-bond acceptors (Lipinski definition) is 4. The molecule has 2 aliphatic rings. The monoisotopic (exact) mass is 279 g/mol. The van der Waals surface area contributed by atoms with Crippen LogP contribution in [0.15, 0.2) is 23.5 Å². The predicted octanol–water partition coefficient (Wildman–Crippen LogP) is 1.83. The molecule has 2 aliphatic heterocycles. The van der Waals surface area contributed by atoms with E-state index in [0.29, 0.717) is 5.02 Å². The molecule has 2 atom stereocenters. The van der Waals surface area contributed by atoms with Crippen LogP contribution in [0.5, 0.6) is 0 Å². The molecule has 1 aromatic rings. The summed E-state index contributed by atoms with van der Waals surface area (Å²) in [6.07, 6.45) is 6.22. The minimum Gasteiger partial charge on any atom is -0.473 e. The van der Waals surface area contributed by atoms with Crippen molar-refractivity contribution in [3.05, 3.63) is 29.0 Å². The standard InChI is InChI=1S/C13H14ClN3O2/c14-10-7-15-4-3-9(10)12-11(16-8-19-12)13(18)17-5-1-2-6-17/h3-4,7-8,11-12H,1-2,5-6H2/t11-,12+/m1/s1. The molecule has 0 radical (unpaired) electrons. The number of likely N-dealkylation sites (tertiary alicyclic amines) is 1. The lowest BCUT2D eigenvalue weighted by atomic mass is 10.0. The largest absolute Gasteiger partial charge is 0.473 e. The molecule has 3 rings (SSSR count). The molecule has 0 unspecified atom stereocenters. The Hall–Kier alpha value is -1.62. The highest BCUT2D eigenvalue weighted by Gasteiger charge is 2.38. The molecule has 0 aromatic carbocycles. The van der Waals surface area contributed by atoms with Gasteiger partial charge in [-0.1, -0.05) is 11.6 Å². The van der Waals surface area contributed by atoms with E-state index in [1.165, 1.54) is 6.40 Å². The molecule has 1 saturated heterocycles. The van der Waals surface area contributed by atoms with Gasteiger partial charge in [-0.3, -0.25) is 9.78 Å². The van der Waals surface area contributed by atoms with Crippen LogP contribution >= 0.6 is 11.6 Å². The Kier molecular flexibility index (Phi) is 3.38. The van der Waals surface area contributed by atoms with Crippen molar-refractivity contribution in [1.29, 1.82) is 0 Å². The van der Waals surface area contributed by atoms with Crippen LogP contribution in [0.3, 0.4) is 0 Å². The molecule has 0 spiro atoms. The Balaban J connectivity index is 1.83.